The number of carbonyl (C=O) groups excluding carboxylic acids is 1. The van der Waals surface area contributed by atoms with Crippen LogP contribution in [0.3, 0.4) is 0 Å². The summed E-state index contributed by atoms with van der Waals surface area (Å²) in [7, 11) is 0. The minimum Gasteiger partial charge on any atom is -0.392 e. The van der Waals surface area contributed by atoms with Crippen molar-refractivity contribution in [3.05, 3.63) is 35.9 Å². The fourth-order valence-electron chi connectivity index (χ4n) is 2.74. The summed E-state index contributed by atoms with van der Waals surface area (Å²) in [6, 6.07) is 9.78. The number of hydrogen-bond donors (Lipinski definition) is 3. The molecule has 4 nitrogen and oxygen atoms in total. The van der Waals surface area contributed by atoms with Crippen LogP contribution in [-0.2, 0) is 4.79 Å². The molecule has 0 radical (unpaired) electrons. The van der Waals surface area contributed by atoms with E-state index in [2.05, 4.69) is 31.4 Å². The molecule has 2 rings (SSSR count). The van der Waals surface area contributed by atoms with Gasteiger partial charge in [-0.05, 0) is 23.8 Å². The molecule has 0 bridgehead atoms. The van der Waals surface area contributed by atoms with Crippen LogP contribution in [0.25, 0.3) is 0 Å². The molecule has 1 aliphatic rings. The SMILES string of the molecule is CC(C)(C)CC(NC(=O)C1CC(O)CN1)c1ccccc1. The van der Waals surface area contributed by atoms with Crippen LogP contribution >= 0.6 is 0 Å². The summed E-state index contributed by atoms with van der Waals surface area (Å²) in [5.74, 6) is -0.0235. The second-order valence-electron chi connectivity index (χ2n) is 7.09. The maximum atomic E-state index is 12.4. The number of aliphatic hydroxyl groups excluding tert-OH is 1. The van der Waals surface area contributed by atoms with Gasteiger partial charge in [-0.2, -0.15) is 0 Å². The molecule has 1 heterocycles. The normalized spacial score (nSPS) is 23.8. The Morgan fingerprint density at radius 3 is 2.57 bits per heavy atom. The van der Waals surface area contributed by atoms with Gasteiger partial charge in [0.1, 0.15) is 0 Å². The number of hydrogen-bond acceptors (Lipinski definition) is 3. The Morgan fingerprint density at radius 2 is 2.05 bits per heavy atom. The molecular weight excluding hydrogens is 264 g/mol. The molecule has 1 saturated heterocycles. The van der Waals surface area contributed by atoms with Crippen LogP contribution in [0, 0.1) is 5.41 Å². The van der Waals surface area contributed by atoms with Crippen LogP contribution in [0.4, 0.5) is 0 Å². The van der Waals surface area contributed by atoms with Gasteiger partial charge in [0.05, 0.1) is 18.2 Å². The number of carbonyl (C=O) groups is 1. The number of benzene rings is 1. The van der Waals surface area contributed by atoms with E-state index < -0.39 is 6.10 Å². The van der Waals surface area contributed by atoms with Crippen LogP contribution in [0.2, 0.25) is 0 Å². The fraction of sp³-hybridized carbons (Fsp3) is 0.588. The standard InChI is InChI=1S/C17H26N2O2/c1-17(2,3)10-15(12-7-5-4-6-8-12)19-16(21)14-9-13(20)11-18-14/h4-8,13-15,18,20H,9-11H2,1-3H3,(H,19,21). The molecule has 0 spiro atoms. The lowest BCUT2D eigenvalue weighted by molar-refractivity contribution is -0.123. The number of nitrogens with one attached hydrogen (secondary N) is 2. The topological polar surface area (TPSA) is 61.4 Å². The second-order valence-corrected chi connectivity index (χ2v) is 7.09. The molecule has 116 valence electrons. The lowest BCUT2D eigenvalue weighted by Gasteiger charge is -2.28. The number of aliphatic hydroxyl groups is 1. The first kappa shape index (κ1) is 16.0. The number of rotatable bonds is 4. The van der Waals surface area contributed by atoms with Gasteiger partial charge in [-0.1, -0.05) is 51.1 Å². The highest BCUT2D eigenvalue weighted by Gasteiger charge is 2.30. The zero-order chi connectivity index (χ0) is 15.5. The minimum atomic E-state index is -0.418. The summed E-state index contributed by atoms with van der Waals surface area (Å²) in [4.78, 5) is 12.4. The van der Waals surface area contributed by atoms with E-state index in [-0.39, 0.29) is 23.4 Å². The lowest BCUT2D eigenvalue weighted by atomic mass is 9.85. The predicted octanol–water partition coefficient (Wildman–Crippen LogP) is 2.00. The van der Waals surface area contributed by atoms with Gasteiger partial charge in [0.2, 0.25) is 5.91 Å². The van der Waals surface area contributed by atoms with Crippen molar-refractivity contribution in [2.24, 2.45) is 5.41 Å². The van der Waals surface area contributed by atoms with E-state index >= 15 is 0 Å². The third-order valence-electron chi connectivity index (χ3n) is 3.76. The van der Waals surface area contributed by atoms with Gasteiger partial charge >= 0.3 is 0 Å². The molecule has 1 aromatic rings. The highest BCUT2D eigenvalue weighted by Crippen LogP contribution is 2.29. The van der Waals surface area contributed by atoms with Crippen molar-refractivity contribution in [1.82, 2.24) is 10.6 Å². The van der Waals surface area contributed by atoms with Gasteiger partial charge in [0.25, 0.3) is 0 Å². The molecule has 21 heavy (non-hydrogen) atoms. The second kappa shape index (κ2) is 6.58. The Hall–Kier alpha value is -1.39. The zero-order valence-corrected chi connectivity index (χ0v) is 13.1. The molecule has 3 atom stereocenters. The van der Waals surface area contributed by atoms with E-state index in [4.69, 9.17) is 0 Å². The number of amides is 1. The van der Waals surface area contributed by atoms with Gasteiger partial charge in [-0.15, -0.1) is 0 Å². The van der Waals surface area contributed by atoms with Gasteiger partial charge in [-0.3, -0.25) is 4.79 Å². The molecule has 0 aliphatic carbocycles. The number of β-amino-alcohol motifs (C(OH)–C–C–N with tert-alkyl or cyclic N) is 1. The van der Waals surface area contributed by atoms with Gasteiger partial charge < -0.3 is 15.7 Å². The molecule has 0 aromatic heterocycles. The van der Waals surface area contributed by atoms with Gasteiger partial charge in [0.15, 0.2) is 0 Å². The van der Waals surface area contributed by atoms with E-state index in [1.807, 2.05) is 30.3 Å². The highest BCUT2D eigenvalue weighted by atomic mass is 16.3. The Morgan fingerprint density at radius 1 is 1.38 bits per heavy atom. The highest BCUT2D eigenvalue weighted by molar-refractivity contribution is 5.82. The first-order chi connectivity index (χ1) is 9.85. The quantitative estimate of drug-likeness (QED) is 0.795. The average Bonchev–Trinajstić information content (AvgIpc) is 2.84. The molecule has 3 N–H and O–H groups in total. The molecule has 1 aromatic carbocycles. The van der Waals surface area contributed by atoms with Crippen LogP contribution in [0.15, 0.2) is 30.3 Å². The Balaban J connectivity index is 2.07. The molecule has 3 unspecified atom stereocenters. The minimum absolute atomic E-state index is 0.00163. The molecule has 1 amide bonds. The Bertz CT molecular complexity index is 467. The van der Waals surface area contributed by atoms with Crippen LogP contribution in [-0.4, -0.2) is 29.7 Å². The van der Waals surface area contributed by atoms with Gasteiger partial charge in [0, 0.05) is 6.54 Å². The first-order valence-corrected chi connectivity index (χ1v) is 7.62. The van der Waals surface area contributed by atoms with Crippen molar-refractivity contribution < 1.29 is 9.90 Å². The first-order valence-electron chi connectivity index (χ1n) is 7.62. The maximum absolute atomic E-state index is 12.4. The Kier molecular flexibility index (Phi) is 5.01. The largest absolute Gasteiger partial charge is 0.392 e. The van der Waals surface area contributed by atoms with Gasteiger partial charge in [-0.25, -0.2) is 0 Å². The molecule has 0 saturated carbocycles. The van der Waals surface area contributed by atoms with E-state index in [0.29, 0.717) is 13.0 Å². The van der Waals surface area contributed by atoms with Crippen LogP contribution in [0.5, 0.6) is 0 Å². The van der Waals surface area contributed by atoms with Crippen molar-refractivity contribution in [1.29, 1.82) is 0 Å². The summed E-state index contributed by atoms with van der Waals surface area (Å²) in [5, 5.41) is 15.7. The Labute approximate surface area is 126 Å². The summed E-state index contributed by atoms with van der Waals surface area (Å²) >= 11 is 0. The average molecular weight is 290 g/mol. The van der Waals surface area contributed by atoms with Crippen LogP contribution in [0.1, 0.15) is 45.2 Å². The van der Waals surface area contributed by atoms with Crippen molar-refractivity contribution in [3.8, 4) is 0 Å². The van der Waals surface area contributed by atoms with Crippen LogP contribution < -0.4 is 10.6 Å². The molecule has 1 aliphatic heterocycles. The molecule has 1 fully saturated rings. The smallest absolute Gasteiger partial charge is 0.237 e. The monoisotopic (exact) mass is 290 g/mol. The van der Waals surface area contributed by atoms with Crippen molar-refractivity contribution in [3.63, 3.8) is 0 Å². The predicted molar refractivity (Wildman–Crippen MR) is 83.8 cm³/mol. The molecular formula is C17H26N2O2. The summed E-state index contributed by atoms with van der Waals surface area (Å²) < 4.78 is 0. The maximum Gasteiger partial charge on any atom is 0.237 e. The zero-order valence-electron chi connectivity index (χ0n) is 13.1. The summed E-state index contributed by atoms with van der Waals surface area (Å²) in [5.41, 5.74) is 1.25. The fourth-order valence-corrected chi connectivity index (χ4v) is 2.74. The molecule has 4 heteroatoms. The third kappa shape index (κ3) is 4.83. The van der Waals surface area contributed by atoms with E-state index in [9.17, 15) is 9.90 Å². The van der Waals surface area contributed by atoms with Crippen molar-refractivity contribution >= 4 is 5.91 Å². The van der Waals surface area contributed by atoms with Crippen molar-refractivity contribution in [2.45, 2.75) is 51.8 Å². The summed E-state index contributed by atoms with van der Waals surface area (Å²) in [6.07, 6.45) is 0.944. The van der Waals surface area contributed by atoms with E-state index in [1.165, 1.54) is 0 Å². The summed E-state index contributed by atoms with van der Waals surface area (Å²) in [6.45, 7) is 7.01. The lowest BCUT2D eigenvalue weighted by Crippen LogP contribution is -2.42. The third-order valence-corrected chi connectivity index (χ3v) is 3.76. The van der Waals surface area contributed by atoms with Crippen molar-refractivity contribution in [2.75, 3.05) is 6.54 Å². The van der Waals surface area contributed by atoms with E-state index in [1.54, 1.807) is 0 Å². The van der Waals surface area contributed by atoms with E-state index in [0.717, 1.165) is 12.0 Å².